The molecule has 1 aromatic carbocycles. The molecule has 4 nitrogen and oxygen atoms in total. The largest absolute Gasteiger partial charge is 0.477 e. The molecule has 0 atom stereocenters. The first-order chi connectivity index (χ1) is 9.81. The van der Waals surface area contributed by atoms with Crippen LogP contribution in [-0.2, 0) is 12.4 Å². The molecular weight excluding hydrogens is 274 g/mol. The molecule has 0 spiro atoms. The molecule has 5 heteroatoms. The van der Waals surface area contributed by atoms with Crippen molar-refractivity contribution in [2.75, 3.05) is 11.9 Å². The van der Waals surface area contributed by atoms with Crippen molar-refractivity contribution in [3.63, 3.8) is 0 Å². The van der Waals surface area contributed by atoms with Crippen LogP contribution >= 0.6 is 11.6 Å². The van der Waals surface area contributed by atoms with Crippen molar-refractivity contribution >= 4 is 17.4 Å². The van der Waals surface area contributed by atoms with Crippen LogP contribution in [0.3, 0.4) is 0 Å². The van der Waals surface area contributed by atoms with E-state index in [1.54, 1.807) is 12.4 Å². The molecule has 0 aliphatic heterocycles. The smallest absolute Gasteiger partial charge is 0.234 e. The Bertz CT molecular complexity index is 548. The Balaban J connectivity index is 1.95. The van der Waals surface area contributed by atoms with Crippen LogP contribution in [0, 0.1) is 0 Å². The quantitative estimate of drug-likeness (QED) is 0.792. The van der Waals surface area contributed by atoms with Crippen LogP contribution in [0.4, 0.5) is 5.82 Å². The Morgan fingerprint density at radius 2 is 2.10 bits per heavy atom. The Morgan fingerprint density at radius 1 is 1.25 bits per heavy atom. The molecule has 106 valence electrons. The van der Waals surface area contributed by atoms with Crippen molar-refractivity contribution in [3.8, 4) is 5.88 Å². The minimum Gasteiger partial charge on any atom is -0.477 e. The first kappa shape index (κ1) is 14.6. The molecule has 0 aliphatic carbocycles. The van der Waals surface area contributed by atoms with Crippen LogP contribution in [0.5, 0.6) is 5.88 Å². The number of alkyl halides is 1. The number of nitrogens with one attached hydrogen (secondary N) is 1. The van der Waals surface area contributed by atoms with Gasteiger partial charge in [0.05, 0.1) is 19.0 Å². The number of hydrogen-bond donors (Lipinski definition) is 1. The molecular formula is C15H18ClN3O. The number of halogens is 1. The van der Waals surface area contributed by atoms with E-state index in [0.717, 1.165) is 17.5 Å². The zero-order valence-electron chi connectivity index (χ0n) is 11.5. The second-order valence-corrected chi connectivity index (χ2v) is 4.67. The normalized spacial score (nSPS) is 10.3. The van der Waals surface area contributed by atoms with Crippen molar-refractivity contribution in [3.05, 3.63) is 47.8 Å². The van der Waals surface area contributed by atoms with Crippen LogP contribution in [-0.4, -0.2) is 16.6 Å². The van der Waals surface area contributed by atoms with Gasteiger partial charge in [-0.2, -0.15) is 4.98 Å². The minimum absolute atomic E-state index is 0.522. The third-order valence-electron chi connectivity index (χ3n) is 2.69. The summed E-state index contributed by atoms with van der Waals surface area (Å²) in [4.78, 5) is 8.46. The van der Waals surface area contributed by atoms with Gasteiger partial charge in [-0.3, -0.25) is 4.98 Å². The maximum atomic E-state index is 5.83. The highest BCUT2D eigenvalue weighted by molar-refractivity contribution is 6.17. The molecule has 0 radical (unpaired) electrons. The van der Waals surface area contributed by atoms with E-state index >= 15 is 0 Å². The van der Waals surface area contributed by atoms with Gasteiger partial charge in [-0.05, 0) is 17.5 Å². The van der Waals surface area contributed by atoms with Gasteiger partial charge < -0.3 is 10.1 Å². The number of nitrogens with zero attached hydrogens (tertiary/aromatic N) is 2. The van der Waals surface area contributed by atoms with E-state index in [0.29, 0.717) is 30.7 Å². The standard InChI is InChI=1S/C15H18ClN3O/c1-2-6-20-15-11-17-10-14(19-15)18-9-13-5-3-4-12(7-13)8-16/h3-5,7,10-11H,2,6,8-9H2,1H3,(H,18,19). The van der Waals surface area contributed by atoms with Crippen molar-refractivity contribution in [1.82, 2.24) is 9.97 Å². The Hall–Kier alpha value is -1.81. The van der Waals surface area contributed by atoms with Crippen LogP contribution in [0.1, 0.15) is 24.5 Å². The molecule has 2 aromatic rings. The molecule has 1 N–H and O–H groups in total. The molecule has 1 heterocycles. The molecule has 0 saturated carbocycles. The second-order valence-electron chi connectivity index (χ2n) is 4.40. The predicted octanol–water partition coefficient (Wildman–Crippen LogP) is 3.62. The van der Waals surface area contributed by atoms with E-state index in [-0.39, 0.29) is 0 Å². The van der Waals surface area contributed by atoms with Crippen LogP contribution in [0.15, 0.2) is 36.7 Å². The van der Waals surface area contributed by atoms with Crippen LogP contribution in [0.2, 0.25) is 0 Å². The first-order valence-corrected chi connectivity index (χ1v) is 7.17. The van der Waals surface area contributed by atoms with Gasteiger partial charge in [0, 0.05) is 12.4 Å². The van der Waals surface area contributed by atoms with E-state index in [2.05, 4.69) is 28.3 Å². The van der Waals surface area contributed by atoms with Gasteiger partial charge in [-0.1, -0.05) is 31.2 Å². The van der Waals surface area contributed by atoms with Crippen LogP contribution < -0.4 is 10.1 Å². The average Bonchev–Trinajstić information content (AvgIpc) is 2.51. The summed E-state index contributed by atoms with van der Waals surface area (Å²) in [6.07, 6.45) is 4.25. The van der Waals surface area contributed by atoms with Gasteiger partial charge in [0.25, 0.3) is 0 Å². The Kier molecular flexibility index (Phi) is 5.62. The second kappa shape index (κ2) is 7.70. The number of benzene rings is 1. The summed E-state index contributed by atoms with van der Waals surface area (Å²) in [7, 11) is 0. The maximum absolute atomic E-state index is 5.83. The lowest BCUT2D eigenvalue weighted by atomic mass is 10.1. The number of ether oxygens (including phenoxy) is 1. The third-order valence-corrected chi connectivity index (χ3v) is 2.99. The summed E-state index contributed by atoms with van der Waals surface area (Å²) in [5, 5.41) is 3.23. The fourth-order valence-electron chi connectivity index (χ4n) is 1.72. The molecule has 0 saturated heterocycles. The number of anilines is 1. The molecule has 0 aliphatic rings. The molecule has 1 aromatic heterocycles. The van der Waals surface area contributed by atoms with Gasteiger partial charge in [-0.25, -0.2) is 0 Å². The fourth-order valence-corrected chi connectivity index (χ4v) is 1.89. The molecule has 20 heavy (non-hydrogen) atoms. The number of hydrogen-bond acceptors (Lipinski definition) is 4. The first-order valence-electron chi connectivity index (χ1n) is 6.64. The summed E-state index contributed by atoms with van der Waals surface area (Å²) < 4.78 is 5.45. The lowest BCUT2D eigenvalue weighted by Crippen LogP contribution is -2.04. The van der Waals surface area contributed by atoms with E-state index in [1.165, 1.54) is 0 Å². The molecule has 2 rings (SSSR count). The zero-order valence-corrected chi connectivity index (χ0v) is 12.2. The molecule has 0 fully saturated rings. The highest BCUT2D eigenvalue weighted by Crippen LogP contribution is 2.12. The third kappa shape index (κ3) is 4.38. The zero-order chi connectivity index (χ0) is 14.2. The summed E-state index contributed by atoms with van der Waals surface area (Å²) >= 11 is 5.83. The highest BCUT2D eigenvalue weighted by Gasteiger charge is 2.00. The van der Waals surface area contributed by atoms with Crippen molar-refractivity contribution in [2.24, 2.45) is 0 Å². The van der Waals surface area contributed by atoms with Crippen molar-refractivity contribution in [1.29, 1.82) is 0 Å². The Labute approximate surface area is 124 Å². The molecule has 0 unspecified atom stereocenters. The SMILES string of the molecule is CCCOc1cncc(NCc2cccc(CCl)c2)n1. The Morgan fingerprint density at radius 3 is 2.90 bits per heavy atom. The lowest BCUT2D eigenvalue weighted by molar-refractivity contribution is 0.304. The molecule has 0 amide bonds. The van der Waals surface area contributed by atoms with Gasteiger partial charge in [0.15, 0.2) is 0 Å². The summed E-state index contributed by atoms with van der Waals surface area (Å²) in [6, 6.07) is 8.13. The topological polar surface area (TPSA) is 47.0 Å². The monoisotopic (exact) mass is 291 g/mol. The van der Waals surface area contributed by atoms with Crippen LogP contribution in [0.25, 0.3) is 0 Å². The maximum Gasteiger partial charge on any atom is 0.234 e. The van der Waals surface area contributed by atoms with E-state index < -0.39 is 0 Å². The van der Waals surface area contributed by atoms with Gasteiger partial charge in [-0.15, -0.1) is 11.6 Å². The predicted molar refractivity (Wildman–Crippen MR) is 81.1 cm³/mol. The summed E-state index contributed by atoms with van der Waals surface area (Å²) in [5.41, 5.74) is 2.27. The van der Waals surface area contributed by atoms with E-state index in [9.17, 15) is 0 Å². The van der Waals surface area contributed by atoms with Crippen molar-refractivity contribution in [2.45, 2.75) is 25.8 Å². The molecule has 0 bridgehead atoms. The lowest BCUT2D eigenvalue weighted by Gasteiger charge is -2.08. The summed E-state index contributed by atoms with van der Waals surface area (Å²) in [6.45, 7) is 3.38. The van der Waals surface area contributed by atoms with Gasteiger partial charge in [0.2, 0.25) is 5.88 Å². The number of rotatable bonds is 7. The van der Waals surface area contributed by atoms with E-state index in [1.807, 2.05) is 18.2 Å². The summed E-state index contributed by atoms with van der Waals surface area (Å²) in [5.74, 6) is 1.77. The fraction of sp³-hybridized carbons (Fsp3) is 0.333. The highest BCUT2D eigenvalue weighted by atomic mass is 35.5. The van der Waals surface area contributed by atoms with E-state index in [4.69, 9.17) is 16.3 Å². The van der Waals surface area contributed by atoms with Gasteiger partial charge in [0.1, 0.15) is 5.82 Å². The van der Waals surface area contributed by atoms with Crippen molar-refractivity contribution < 1.29 is 4.74 Å². The van der Waals surface area contributed by atoms with Gasteiger partial charge >= 0.3 is 0 Å². The number of aromatic nitrogens is 2. The average molecular weight is 292 g/mol. The minimum atomic E-state index is 0.522.